The topological polar surface area (TPSA) is 71.0 Å². The van der Waals surface area contributed by atoms with Gasteiger partial charge in [0.05, 0.1) is 7.11 Å². The summed E-state index contributed by atoms with van der Waals surface area (Å²) in [6.45, 7) is 2.70. The van der Waals surface area contributed by atoms with Crippen molar-refractivity contribution in [1.82, 2.24) is 15.1 Å². The van der Waals surface area contributed by atoms with Gasteiger partial charge in [0, 0.05) is 40.3 Å². The van der Waals surface area contributed by atoms with Gasteiger partial charge in [0.15, 0.2) is 29.7 Å². The van der Waals surface area contributed by atoms with Gasteiger partial charge in [-0.15, -0.1) is 10.2 Å². The lowest BCUT2D eigenvalue weighted by Crippen LogP contribution is -2.50. The molecule has 0 unspecified atom stereocenters. The molecule has 0 atom stereocenters. The quantitative estimate of drug-likeness (QED) is 0.757. The van der Waals surface area contributed by atoms with E-state index in [2.05, 4.69) is 15.1 Å². The zero-order chi connectivity index (χ0) is 19.2. The Morgan fingerprint density at radius 3 is 2.33 bits per heavy atom. The number of methoxy groups -OCH3 is 1. The molecule has 1 fully saturated rings. The van der Waals surface area contributed by atoms with Crippen molar-refractivity contribution < 1.29 is 14.3 Å². The molecule has 0 radical (unpaired) electrons. The summed E-state index contributed by atoms with van der Waals surface area (Å²) in [7, 11) is 5.44. The first-order valence-corrected chi connectivity index (χ1v) is 8.88. The van der Waals surface area contributed by atoms with Gasteiger partial charge in [0.1, 0.15) is 0 Å². The number of para-hydroxylation sites is 2. The average Bonchev–Trinajstić information content (AvgIpc) is 2.72. The summed E-state index contributed by atoms with van der Waals surface area (Å²) in [5.74, 6) is 2.81. The number of amides is 1. The molecule has 0 saturated carbocycles. The smallest absolute Gasteiger partial charge is 0.260 e. The molecule has 1 aromatic heterocycles. The van der Waals surface area contributed by atoms with Gasteiger partial charge >= 0.3 is 0 Å². The molecule has 3 rings (SSSR count). The monoisotopic (exact) mass is 371 g/mol. The molecule has 1 amide bonds. The first kappa shape index (κ1) is 18.8. The lowest BCUT2D eigenvalue weighted by Gasteiger charge is -2.35. The molecule has 0 spiro atoms. The highest BCUT2D eigenvalue weighted by molar-refractivity contribution is 5.78. The van der Waals surface area contributed by atoms with Crippen molar-refractivity contribution in [3.05, 3.63) is 36.4 Å². The fourth-order valence-corrected chi connectivity index (χ4v) is 2.88. The maximum Gasteiger partial charge on any atom is 0.260 e. The number of carbonyl (C=O) groups excluding carboxylic acids is 1. The molecule has 2 heterocycles. The van der Waals surface area contributed by atoms with Crippen LogP contribution in [-0.4, -0.2) is 75.0 Å². The molecule has 144 valence electrons. The van der Waals surface area contributed by atoms with Crippen LogP contribution in [0.2, 0.25) is 0 Å². The number of ether oxygens (including phenoxy) is 2. The Hall–Kier alpha value is -3.03. The molecule has 1 aliphatic heterocycles. The lowest BCUT2D eigenvalue weighted by atomic mass is 10.3. The van der Waals surface area contributed by atoms with E-state index in [1.165, 1.54) is 0 Å². The van der Waals surface area contributed by atoms with E-state index >= 15 is 0 Å². The van der Waals surface area contributed by atoms with Crippen molar-refractivity contribution in [2.75, 3.05) is 63.8 Å². The SMILES string of the molecule is COc1ccccc1OCC(=O)N1CCN(c2ccc(N(C)C)nn2)CC1. The molecule has 1 aliphatic rings. The number of carbonyl (C=O) groups is 1. The Kier molecular flexibility index (Phi) is 5.95. The predicted octanol–water partition coefficient (Wildman–Crippen LogP) is 1.28. The molecule has 0 bridgehead atoms. The maximum atomic E-state index is 12.4. The van der Waals surface area contributed by atoms with Gasteiger partial charge in [0.2, 0.25) is 0 Å². The van der Waals surface area contributed by atoms with Crippen molar-refractivity contribution in [2.24, 2.45) is 0 Å². The van der Waals surface area contributed by atoms with E-state index in [0.29, 0.717) is 24.6 Å². The van der Waals surface area contributed by atoms with Crippen LogP contribution >= 0.6 is 0 Å². The van der Waals surface area contributed by atoms with Gasteiger partial charge < -0.3 is 24.2 Å². The summed E-state index contributed by atoms with van der Waals surface area (Å²) in [5, 5.41) is 8.49. The molecule has 1 saturated heterocycles. The fraction of sp³-hybridized carbons (Fsp3) is 0.421. The third-order valence-electron chi connectivity index (χ3n) is 4.47. The summed E-state index contributed by atoms with van der Waals surface area (Å²) in [5.41, 5.74) is 0. The number of hydrogen-bond acceptors (Lipinski definition) is 7. The van der Waals surface area contributed by atoms with Gasteiger partial charge in [-0.2, -0.15) is 0 Å². The van der Waals surface area contributed by atoms with E-state index in [0.717, 1.165) is 24.7 Å². The fourth-order valence-electron chi connectivity index (χ4n) is 2.88. The zero-order valence-electron chi connectivity index (χ0n) is 16.0. The van der Waals surface area contributed by atoms with Crippen molar-refractivity contribution >= 4 is 17.5 Å². The normalized spacial score (nSPS) is 14.0. The number of rotatable bonds is 6. The number of aromatic nitrogens is 2. The summed E-state index contributed by atoms with van der Waals surface area (Å²) in [4.78, 5) is 18.3. The Morgan fingerprint density at radius 1 is 1.04 bits per heavy atom. The Bertz CT molecular complexity index is 758. The lowest BCUT2D eigenvalue weighted by molar-refractivity contribution is -0.133. The second-order valence-corrected chi connectivity index (χ2v) is 6.45. The van der Waals surface area contributed by atoms with Crippen LogP contribution in [0, 0.1) is 0 Å². The first-order chi connectivity index (χ1) is 13.1. The standard InChI is InChI=1S/C19H25N5O3/c1-22(2)17-8-9-18(21-20-17)23-10-12-24(13-11-23)19(25)14-27-16-7-5-4-6-15(16)26-3/h4-9H,10-14H2,1-3H3. The molecule has 1 aromatic carbocycles. The summed E-state index contributed by atoms with van der Waals surface area (Å²) in [6, 6.07) is 11.2. The van der Waals surface area contributed by atoms with Crippen LogP contribution < -0.4 is 19.3 Å². The van der Waals surface area contributed by atoms with E-state index in [1.807, 2.05) is 48.2 Å². The van der Waals surface area contributed by atoms with Crippen molar-refractivity contribution in [3.8, 4) is 11.5 Å². The first-order valence-electron chi connectivity index (χ1n) is 8.88. The van der Waals surface area contributed by atoms with Gasteiger partial charge in [-0.25, -0.2) is 0 Å². The third-order valence-corrected chi connectivity index (χ3v) is 4.47. The number of piperazine rings is 1. The molecule has 2 aromatic rings. The molecular formula is C19H25N5O3. The van der Waals surface area contributed by atoms with Gasteiger partial charge in [-0.05, 0) is 24.3 Å². The number of benzene rings is 1. The molecule has 27 heavy (non-hydrogen) atoms. The third kappa shape index (κ3) is 4.58. The van der Waals surface area contributed by atoms with Gasteiger partial charge in [-0.3, -0.25) is 4.79 Å². The number of anilines is 2. The summed E-state index contributed by atoms with van der Waals surface area (Å²) >= 11 is 0. The summed E-state index contributed by atoms with van der Waals surface area (Å²) in [6.07, 6.45) is 0. The van der Waals surface area contributed by atoms with Crippen LogP contribution in [-0.2, 0) is 4.79 Å². The molecule has 0 N–H and O–H groups in total. The molecule has 8 heteroatoms. The number of nitrogens with zero attached hydrogens (tertiary/aromatic N) is 5. The minimum atomic E-state index is -0.0328. The Morgan fingerprint density at radius 2 is 1.74 bits per heavy atom. The van der Waals surface area contributed by atoms with Crippen LogP contribution in [0.1, 0.15) is 0 Å². The van der Waals surface area contributed by atoms with Crippen LogP contribution in [0.4, 0.5) is 11.6 Å². The van der Waals surface area contributed by atoms with Gasteiger partial charge in [-0.1, -0.05) is 12.1 Å². The molecule has 8 nitrogen and oxygen atoms in total. The van der Waals surface area contributed by atoms with E-state index in [9.17, 15) is 4.79 Å². The van der Waals surface area contributed by atoms with Crippen molar-refractivity contribution in [2.45, 2.75) is 0 Å². The highest BCUT2D eigenvalue weighted by Gasteiger charge is 2.22. The van der Waals surface area contributed by atoms with Crippen LogP contribution in [0.15, 0.2) is 36.4 Å². The number of hydrogen-bond donors (Lipinski definition) is 0. The molecule has 0 aliphatic carbocycles. The average molecular weight is 371 g/mol. The van der Waals surface area contributed by atoms with Crippen molar-refractivity contribution in [1.29, 1.82) is 0 Å². The highest BCUT2D eigenvalue weighted by Crippen LogP contribution is 2.25. The highest BCUT2D eigenvalue weighted by atomic mass is 16.5. The van der Waals surface area contributed by atoms with E-state index in [1.54, 1.807) is 19.2 Å². The second-order valence-electron chi connectivity index (χ2n) is 6.45. The Labute approximate surface area is 159 Å². The van der Waals surface area contributed by atoms with E-state index < -0.39 is 0 Å². The minimum Gasteiger partial charge on any atom is -0.493 e. The predicted molar refractivity (Wildman–Crippen MR) is 104 cm³/mol. The maximum absolute atomic E-state index is 12.4. The minimum absolute atomic E-state index is 0.00227. The van der Waals surface area contributed by atoms with E-state index in [4.69, 9.17) is 9.47 Å². The second kappa shape index (κ2) is 8.57. The zero-order valence-corrected chi connectivity index (χ0v) is 16.0. The Balaban J connectivity index is 1.50. The largest absolute Gasteiger partial charge is 0.493 e. The van der Waals surface area contributed by atoms with E-state index in [-0.39, 0.29) is 12.5 Å². The van der Waals surface area contributed by atoms with Crippen LogP contribution in [0.25, 0.3) is 0 Å². The van der Waals surface area contributed by atoms with Crippen LogP contribution in [0.3, 0.4) is 0 Å². The summed E-state index contributed by atoms with van der Waals surface area (Å²) < 4.78 is 10.9. The van der Waals surface area contributed by atoms with Crippen molar-refractivity contribution in [3.63, 3.8) is 0 Å². The molecular weight excluding hydrogens is 346 g/mol. The van der Waals surface area contributed by atoms with Gasteiger partial charge in [0.25, 0.3) is 5.91 Å². The van der Waals surface area contributed by atoms with Crippen LogP contribution in [0.5, 0.6) is 11.5 Å².